The van der Waals surface area contributed by atoms with E-state index >= 15 is 0 Å². The Bertz CT molecular complexity index is 906. The first-order chi connectivity index (χ1) is 14.0. The lowest BCUT2D eigenvalue weighted by atomic mass is 10.1. The molecular formula is C21H24N2O4S2. The first-order valence-electron chi connectivity index (χ1n) is 9.51. The second kappa shape index (κ2) is 9.84. The van der Waals surface area contributed by atoms with Crippen molar-refractivity contribution in [1.29, 1.82) is 0 Å². The summed E-state index contributed by atoms with van der Waals surface area (Å²) >= 11 is 6.75. The molecule has 0 unspecified atom stereocenters. The van der Waals surface area contributed by atoms with Crippen LogP contribution in [0.5, 0.6) is 5.75 Å². The second-order valence-electron chi connectivity index (χ2n) is 6.82. The number of nitrogens with one attached hydrogen (secondary N) is 2. The molecule has 154 valence electrons. The van der Waals surface area contributed by atoms with Crippen LogP contribution in [0.15, 0.2) is 24.3 Å². The van der Waals surface area contributed by atoms with Crippen molar-refractivity contribution in [3.05, 3.63) is 45.8 Å². The molecule has 0 saturated carbocycles. The zero-order valence-corrected chi connectivity index (χ0v) is 18.1. The highest BCUT2D eigenvalue weighted by Crippen LogP contribution is 2.39. The molecule has 0 fully saturated rings. The highest BCUT2D eigenvalue weighted by molar-refractivity contribution is 7.80. The first-order valence-corrected chi connectivity index (χ1v) is 10.7. The van der Waals surface area contributed by atoms with Crippen molar-refractivity contribution in [3.8, 4) is 5.75 Å². The minimum atomic E-state index is -0.380. The summed E-state index contributed by atoms with van der Waals surface area (Å²) in [5, 5.41) is 6.47. The largest absolute Gasteiger partial charge is 0.494 e. The van der Waals surface area contributed by atoms with Gasteiger partial charge in [-0.1, -0.05) is 17.7 Å². The summed E-state index contributed by atoms with van der Waals surface area (Å²) in [7, 11) is 1.36. The molecule has 1 aromatic heterocycles. The molecule has 1 amide bonds. The molecular weight excluding hydrogens is 408 g/mol. The number of hydrogen-bond acceptors (Lipinski definition) is 6. The number of carbonyl (C=O) groups is 2. The number of hydrogen-bond donors (Lipinski definition) is 2. The Morgan fingerprint density at radius 2 is 1.97 bits per heavy atom. The average molecular weight is 433 g/mol. The number of thiophene rings is 1. The van der Waals surface area contributed by atoms with Crippen molar-refractivity contribution >= 4 is 45.5 Å². The molecule has 8 heteroatoms. The number of amides is 1. The molecule has 3 rings (SSSR count). The van der Waals surface area contributed by atoms with Gasteiger partial charge in [0.05, 0.1) is 19.3 Å². The van der Waals surface area contributed by atoms with E-state index in [1.807, 2.05) is 31.2 Å². The number of ether oxygens (including phenoxy) is 2. The topological polar surface area (TPSA) is 76.7 Å². The third-order valence-electron chi connectivity index (χ3n) is 4.63. The standard InChI is InChI=1S/C21H24N2O4S2/c1-13-8-10-14(11-9-13)27-12-4-7-17(24)22-21(28)23-19-18(20(25)26-2)15-5-3-6-16(15)29-19/h8-11H,3-7,12H2,1-2H3,(H2,22,23,24,28). The van der Waals surface area contributed by atoms with Crippen LogP contribution >= 0.6 is 23.6 Å². The summed E-state index contributed by atoms with van der Waals surface area (Å²) in [6.45, 7) is 2.46. The van der Waals surface area contributed by atoms with Gasteiger partial charge in [-0.3, -0.25) is 4.79 Å². The van der Waals surface area contributed by atoms with Gasteiger partial charge in [0, 0.05) is 11.3 Å². The van der Waals surface area contributed by atoms with E-state index in [0.717, 1.165) is 30.6 Å². The van der Waals surface area contributed by atoms with Gasteiger partial charge < -0.3 is 20.1 Å². The molecule has 1 aliphatic rings. The lowest BCUT2D eigenvalue weighted by molar-refractivity contribution is -0.119. The van der Waals surface area contributed by atoms with Crippen molar-refractivity contribution in [2.24, 2.45) is 0 Å². The molecule has 6 nitrogen and oxygen atoms in total. The van der Waals surface area contributed by atoms with Crippen molar-refractivity contribution in [2.75, 3.05) is 19.0 Å². The fourth-order valence-electron chi connectivity index (χ4n) is 3.19. The van der Waals surface area contributed by atoms with E-state index in [1.54, 1.807) is 0 Å². The monoisotopic (exact) mass is 432 g/mol. The molecule has 0 saturated heterocycles. The Labute approximate surface area is 179 Å². The SMILES string of the molecule is COC(=O)c1c(NC(=S)NC(=O)CCCOc2ccc(C)cc2)sc2c1CCC2. The number of esters is 1. The number of rotatable bonds is 7. The van der Waals surface area contributed by atoms with E-state index in [-0.39, 0.29) is 17.0 Å². The second-order valence-corrected chi connectivity index (χ2v) is 8.33. The summed E-state index contributed by atoms with van der Waals surface area (Å²) < 4.78 is 10.5. The Morgan fingerprint density at radius 1 is 1.21 bits per heavy atom. The van der Waals surface area contributed by atoms with E-state index in [9.17, 15) is 9.59 Å². The van der Waals surface area contributed by atoms with E-state index in [2.05, 4.69) is 10.6 Å². The van der Waals surface area contributed by atoms with Crippen molar-refractivity contribution in [2.45, 2.75) is 39.0 Å². The molecule has 0 bridgehead atoms. The molecule has 2 aromatic rings. The van der Waals surface area contributed by atoms with Gasteiger partial charge in [-0.15, -0.1) is 11.3 Å². The van der Waals surface area contributed by atoms with Crippen LogP contribution in [0.2, 0.25) is 0 Å². The number of thiocarbonyl (C=S) groups is 1. The zero-order valence-electron chi connectivity index (χ0n) is 16.5. The fraction of sp³-hybridized carbons (Fsp3) is 0.381. The van der Waals surface area contributed by atoms with Crippen LogP contribution in [0.4, 0.5) is 5.00 Å². The van der Waals surface area contributed by atoms with Gasteiger partial charge in [-0.05, 0) is 62.5 Å². The van der Waals surface area contributed by atoms with Gasteiger partial charge in [0.25, 0.3) is 0 Å². The maximum atomic E-state index is 12.2. The van der Waals surface area contributed by atoms with Gasteiger partial charge >= 0.3 is 5.97 Å². The Hall–Kier alpha value is -2.45. The van der Waals surface area contributed by atoms with Crippen molar-refractivity contribution in [1.82, 2.24) is 5.32 Å². The molecule has 1 aromatic carbocycles. The van der Waals surface area contributed by atoms with E-state index < -0.39 is 0 Å². The lowest BCUT2D eigenvalue weighted by Crippen LogP contribution is -2.34. The van der Waals surface area contributed by atoms with Crippen LogP contribution in [-0.4, -0.2) is 30.7 Å². The van der Waals surface area contributed by atoms with Crippen molar-refractivity contribution < 1.29 is 19.1 Å². The minimum absolute atomic E-state index is 0.180. The molecule has 0 atom stereocenters. The van der Waals surface area contributed by atoms with Gasteiger partial charge in [-0.2, -0.15) is 0 Å². The minimum Gasteiger partial charge on any atom is -0.494 e. The predicted octanol–water partition coefficient (Wildman–Crippen LogP) is 4.00. The van der Waals surface area contributed by atoms with Crippen molar-refractivity contribution in [3.63, 3.8) is 0 Å². The van der Waals surface area contributed by atoms with Crippen LogP contribution in [-0.2, 0) is 22.4 Å². The Balaban J connectivity index is 1.46. The summed E-state index contributed by atoms with van der Waals surface area (Å²) in [4.78, 5) is 25.5. The third-order valence-corrected chi connectivity index (χ3v) is 6.04. The summed E-state index contributed by atoms with van der Waals surface area (Å²) in [5.41, 5.74) is 2.74. The number of methoxy groups -OCH3 is 1. The number of carbonyl (C=O) groups excluding carboxylic acids is 2. The Morgan fingerprint density at radius 3 is 2.69 bits per heavy atom. The number of fused-ring (bicyclic) bond motifs is 1. The molecule has 0 radical (unpaired) electrons. The maximum Gasteiger partial charge on any atom is 0.341 e. The molecule has 0 spiro atoms. The highest BCUT2D eigenvalue weighted by Gasteiger charge is 2.27. The summed E-state index contributed by atoms with van der Waals surface area (Å²) in [5.74, 6) is 0.210. The molecule has 1 heterocycles. The Kier molecular flexibility index (Phi) is 7.22. The van der Waals surface area contributed by atoms with E-state index in [0.29, 0.717) is 30.0 Å². The highest BCUT2D eigenvalue weighted by atomic mass is 32.1. The van der Waals surface area contributed by atoms with Crippen LogP contribution < -0.4 is 15.4 Å². The quantitative estimate of drug-likeness (QED) is 0.391. The van der Waals surface area contributed by atoms with Crippen LogP contribution in [0.25, 0.3) is 0 Å². The molecule has 0 aliphatic heterocycles. The van der Waals surface area contributed by atoms with Crippen LogP contribution in [0.3, 0.4) is 0 Å². The third kappa shape index (κ3) is 5.55. The smallest absolute Gasteiger partial charge is 0.341 e. The number of aryl methyl sites for hydroxylation is 2. The van der Waals surface area contributed by atoms with Crippen LogP contribution in [0, 0.1) is 6.92 Å². The van der Waals surface area contributed by atoms with Gasteiger partial charge in [0.2, 0.25) is 5.91 Å². The summed E-state index contributed by atoms with van der Waals surface area (Å²) in [6, 6.07) is 7.78. The van der Waals surface area contributed by atoms with Crippen LogP contribution in [0.1, 0.15) is 45.6 Å². The van der Waals surface area contributed by atoms with Gasteiger partial charge in [-0.25, -0.2) is 4.79 Å². The predicted molar refractivity (Wildman–Crippen MR) is 118 cm³/mol. The number of benzene rings is 1. The fourth-order valence-corrected chi connectivity index (χ4v) is 4.75. The molecule has 1 aliphatic carbocycles. The lowest BCUT2D eigenvalue weighted by Gasteiger charge is -2.11. The van der Waals surface area contributed by atoms with Gasteiger partial charge in [0.1, 0.15) is 10.8 Å². The normalized spacial score (nSPS) is 12.2. The van der Waals surface area contributed by atoms with Gasteiger partial charge in [0.15, 0.2) is 5.11 Å². The number of anilines is 1. The zero-order chi connectivity index (χ0) is 20.8. The molecule has 2 N–H and O–H groups in total. The first kappa shape index (κ1) is 21.3. The average Bonchev–Trinajstić information content (AvgIpc) is 3.26. The maximum absolute atomic E-state index is 12.2. The molecule has 29 heavy (non-hydrogen) atoms. The van der Waals surface area contributed by atoms with E-state index in [4.69, 9.17) is 21.7 Å². The van der Waals surface area contributed by atoms with E-state index in [1.165, 1.54) is 28.9 Å². The summed E-state index contributed by atoms with van der Waals surface area (Å²) in [6.07, 6.45) is 3.71.